The molecule has 3 aromatic rings. The van der Waals surface area contributed by atoms with Gasteiger partial charge >= 0.3 is 0 Å². The van der Waals surface area contributed by atoms with Crippen molar-refractivity contribution in [1.82, 2.24) is 5.32 Å². The monoisotopic (exact) mass is 573 g/mol. The number of halogens is 1. The average molecular weight is 574 g/mol. The van der Waals surface area contributed by atoms with Crippen LogP contribution in [0.25, 0.3) is 6.08 Å². The highest BCUT2D eigenvalue weighted by Crippen LogP contribution is 2.24. The summed E-state index contributed by atoms with van der Waals surface area (Å²) in [6.45, 7) is 0.904. The molecule has 0 atom stereocenters. The van der Waals surface area contributed by atoms with E-state index in [0.29, 0.717) is 42.9 Å². The Morgan fingerprint density at radius 1 is 1.00 bits per heavy atom. The third-order valence-electron chi connectivity index (χ3n) is 5.81. The Morgan fingerprint density at radius 2 is 1.61 bits per heavy atom. The van der Waals surface area contributed by atoms with Crippen molar-refractivity contribution in [1.29, 1.82) is 10.5 Å². The van der Waals surface area contributed by atoms with Gasteiger partial charge in [-0.05, 0) is 66.2 Å². The highest BCUT2D eigenvalue weighted by atomic mass is 35.5. The summed E-state index contributed by atoms with van der Waals surface area (Å²) in [5.74, 6) is -0.834. The number of nitriles is 2. The summed E-state index contributed by atoms with van der Waals surface area (Å²) in [6, 6.07) is 21.4. The molecule has 210 valence electrons. The molecule has 0 saturated carbocycles. The number of methoxy groups -OCH3 is 1. The Bertz CT molecular complexity index is 1460. The van der Waals surface area contributed by atoms with Gasteiger partial charge in [0.2, 0.25) is 0 Å². The second-order valence-electron chi connectivity index (χ2n) is 8.53. The molecule has 0 radical (unpaired) electrons. The molecule has 0 saturated heterocycles. The lowest BCUT2D eigenvalue weighted by atomic mass is 10.1. The van der Waals surface area contributed by atoms with Crippen LogP contribution in [0.2, 0.25) is 5.02 Å². The van der Waals surface area contributed by atoms with Gasteiger partial charge in [-0.1, -0.05) is 23.7 Å². The van der Waals surface area contributed by atoms with Gasteiger partial charge in [-0.25, -0.2) is 0 Å². The molecule has 0 fully saturated rings. The topological polar surface area (TPSA) is 165 Å². The highest BCUT2D eigenvalue weighted by Gasteiger charge is 2.18. The number of benzene rings is 3. The first kappa shape index (κ1) is 30.5. The number of rotatable bonds is 12. The first-order valence-electron chi connectivity index (χ1n) is 12.3. The normalized spacial score (nSPS) is 10.6. The van der Waals surface area contributed by atoms with Gasteiger partial charge in [-0.2, -0.15) is 10.5 Å². The van der Waals surface area contributed by atoms with Crippen LogP contribution in [0.1, 0.15) is 28.8 Å². The minimum atomic E-state index is -0.786. The molecular weight excluding hydrogens is 548 g/mol. The summed E-state index contributed by atoms with van der Waals surface area (Å²) in [6.07, 6.45) is 2.04. The summed E-state index contributed by atoms with van der Waals surface area (Å²) < 4.78 is 5.14. The van der Waals surface area contributed by atoms with Gasteiger partial charge in [-0.3, -0.25) is 14.8 Å². The fourth-order valence-electron chi connectivity index (χ4n) is 3.72. The number of hydrogen-bond acceptors (Lipinski definition) is 9. The van der Waals surface area contributed by atoms with Crippen molar-refractivity contribution in [3.63, 3.8) is 0 Å². The number of amides is 2. The second-order valence-corrected chi connectivity index (χ2v) is 8.93. The van der Waals surface area contributed by atoms with E-state index in [1.165, 1.54) is 25.3 Å². The first-order valence-corrected chi connectivity index (χ1v) is 12.7. The van der Waals surface area contributed by atoms with Crippen LogP contribution in [-0.4, -0.2) is 37.2 Å². The number of hydrogen-bond donors (Lipinski definition) is 3. The molecule has 0 unspecified atom stereocenters. The Kier molecular flexibility index (Phi) is 11.1. The van der Waals surface area contributed by atoms with Gasteiger partial charge in [0.1, 0.15) is 11.4 Å². The fourth-order valence-corrected chi connectivity index (χ4v) is 3.92. The van der Waals surface area contributed by atoms with Gasteiger partial charge in [0.25, 0.3) is 11.8 Å². The van der Waals surface area contributed by atoms with E-state index < -0.39 is 17.0 Å². The number of carbonyl (C=O) groups excluding carboxylic acids is 2. The molecule has 3 aromatic carbocycles. The maximum atomic E-state index is 13.3. The number of ether oxygens (including phenoxy) is 1. The van der Waals surface area contributed by atoms with Gasteiger partial charge in [-0.15, -0.1) is 0 Å². The maximum absolute atomic E-state index is 13.3. The van der Waals surface area contributed by atoms with E-state index in [1.807, 2.05) is 4.90 Å². The van der Waals surface area contributed by atoms with Crippen molar-refractivity contribution in [3.8, 4) is 17.9 Å². The van der Waals surface area contributed by atoms with Gasteiger partial charge in [0.05, 0.1) is 48.4 Å². The highest BCUT2D eigenvalue weighted by molar-refractivity contribution is 6.34. The molecule has 12 heteroatoms. The summed E-state index contributed by atoms with van der Waals surface area (Å²) in [5, 5.41) is 43.3. The Hall–Kier alpha value is -5.07. The average Bonchev–Trinajstić information content (AvgIpc) is 2.97. The summed E-state index contributed by atoms with van der Waals surface area (Å²) >= 11 is 6.16. The molecule has 3 N–H and O–H groups in total. The van der Waals surface area contributed by atoms with Crippen LogP contribution >= 0.6 is 11.6 Å². The Morgan fingerprint density at radius 3 is 2.17 bits per heavy atom. The van der Waals surface area contributed by atoms with Gasteiger partial charge < -0.3 is 30.7 Å². The molecule has 0 aliphatic carbocycles. The standard InChI is InChI=1S/C29H26ClN6O5/c1-41-24-11-6-21(7-12-24)33-29(38)27(34-28(37)25-19-23(36(39)40)10-13-26(25)30)18-20-4-8-22(9-5-20)35(16-2-14-31)17-3-15-32/h4-13,18-19,39H,2-3,16-17H2,1H3,(H,33,38)(H,34,37)/q-1/b27-18+. The third-order valence-corrected chi connectivity index (χ3v) is 6.14. The summed E-state index contributed by atoms with van der Waals surface area (Å²) in [4.78, 5) is 28.3. The van der Waals surface area contributed by atoms with E-state index in [9.17, 15) is 20.0 Å². The van der Waals surface area contributed by atoms with Crippen LogP contribution in [0.5, 0.6) is 5.75 Å². The molecule has 2 amide bonds. The lowest BCUT2D eigenvalue weighted by Crippen LogP contribution is -2.31. The van der Waals surface area contributed by atoms with Crippen molar-refractivity contribution >= 4 is 46.6 Å². The van der Waals surface area contributed by atoms with Crippen molar-refractivity contribution in [2.75, 3.05) is 35.6 Å². The molecule has 0 spiro atoms. The minimum absolute atomic E-state index is 0.00203. The van der Waals surface area contributed by atoms with E-state index in [2.05, 4.69) is 22.8 Å². The zero-order valence-electron chi connectivity index (χ0n) is 22.0. The quantitative estimate of drug-likeness (QED) is 0.198. The molecule has 3 rings (SSSR count). The molecule has 41 heavy (non-hydrogen) atoms. The molecule has 0 heterocycles. The molecule has 11 nitrogen and oxygen atoms in total. The smallest absolute Gasteiger partial charge is 0.272 e. The van der Waals surface area contributed by atoms with Crippen LogP contribution < -0.4 is 25.5 Å². The van der Waals surface area contributed by atoms with E-state index in [4.69, 9.17) is 26.9 Å². The predicted molar refractivity (Wildman–Crippen MR) is 155 cm³/mol. The van der Waals surface area contributed by atoms with Crippen LogP contribution in [0, 0.1) is 27.9 Å². The van der Waals surface area contributed by atoms with Crippen molar-refractivity contribution in [2.24, 2.45) is 0 Å². The van der Waals surface area contributed by atoms with E-state index in [0.717, 1.165) is 11.8 Å². The first-order chi connectivity index (χ1) is 19.7. The van der Waals surface area contributed by atoms with E-state index >= 15 is 0 Å². The number of carbonyl (C=O) groups is 2. The summed E-state index contributed by atoms with van der Waals surface area (Å²) in [5.41, 5.74) is 1.31. The molecule has 0 aromatic heterocycles. The molecule has 0 aliphatic rings. The second kappa shape index (κ2) is 14.9. The largest absolute Gasteiger partial charge is 0.733 e. The van der Waals surface area contributed by atoms with Crippen molar-refractivity contribution in [3.05, 3.63) is 93.8 Å². The van der Waals surface area contributed by atoms with E-state index in [-0.39, 0.29) is 22.0 Å². The lowest BCUT2D eigenvalue weighted by Gasteiger charge is -2.23. The lowest BCUT2D eigenvalue weighted by molar-refractivity contribution is -0.113. The Labute approximate surface area is 242 Å². The zero-order chi connectivity index (χ0) is 29.8. The van der Waals surface area contributed by atoms with Crippen molar-refractivity contribution < 1.29 is 19.5 Å². The van der Waals surface area contributed by atoms with Crippen molar-refractivity contribution in [2.45, 2.75) is 12.8 Å². The summed E-state index contributed by atoms with van der Waals surface area (Å²) in [7, 11) is 1.52. The van der Waals surface area contributed by atoms with Crippen LogP contribution in [0.15, 0.2) is 72.4 Å². The number of anilines is 3. The Balaban J connectivity index is 1.93. The minimum Gasteiger partial charge on any atom is -0.733 e. The third kappa shape index (κ3) is 8.71. The molecular formula is C29H26ClN6O5-. The van der Waals surface area contributed by atoms with Crippen LogP contribution in [0.4, 0.5) is 17.1 Å². The van der Waals surface area contributed by atoms with Crippen LogP contribution in [-0.2, 0) is 4.79 Å². The van der Waals surface area contributed by atoms with Gasteiger partial charge in [0.15, 0.2) is 0 Å². The molecule has 0 aliphatic heterocycles. The van der Waals surface area contributed by atoms with Crippen LogP contribution in [0.3, 0.4) is 0 Å². The number of nitrogens with one attached hydrogen (secondary N) is 2. The fraction of sp³-hybridized carbons (Fsp3) is 0.172. The maximum Gasteiger partial charge on any atom is 0.272 e. The van der Waals surface area contributed by atoms with Gasteiger partial charge in [0, 0.05) is 24.5 Å². The van der Waals surface area contributed by atoms with E-state index in [1.54, 1.807) is 48.5 Å². The number of nitrogens with zero attached hydrogens (tertiary/aromatic N) is 4. The zero-order valence-corrected chi connectivity index (χ0v) is 22.8. The SMILES string of the molecule is COc1ccc(NC(=O)/C(=C\c2ccc(N(CCC#N)CCC#N)cc2)NC(=O)c2cc(N([O-])O)ccc2Cl)cc1. The molecule has 0 bridgehead atoms. The predicted octanol–water partition coefficient (Wildman–Crippen LogP) is 5.09.